The molecule has 1 N–H and O–H groups in total. The van der Waals surface area contributed by atoms with Gasteiger partial charge in [-0.2, -0.15) is 0 Å². The molecule has 0 aromatic heterocycles. The molecule has 1 aromatic carbocycles. The van der Waals surface area contributed by atoms with Gasteiger partial charge in [0.2, 0.25) is 0 Å². The summed E-state index contributed by atoms with van der Waals surface area (Å²) in [6, 6.07) is 9.82. The molecule has 94 valence electrons. The molecule has 2 unspecified atom stereocenters. The first-order valence-electron chi connectivity index (χ1n) is 7.00. The molecule has 17 heavy (non-hydrogen) atoms. The summed E-state index contributed by atoms with van der Waals surface area (Å²) >= 11 is 0. The zero-order valence-electron chi connectivity index (χ0n) is 11.2. The summed E-state index contributed by atoms with van der Waals surface area (Å²) in [5, 5.41) is 3.47. The smallest absolute Gasteiger partial charge is 0.00668 e. The van der Waals surface area contributed by atoms with E-state index in [0.29, 0.717) is 0 Å². The van der Waals surface area contributed by atoms with E-state index in [9.17, 15) is 0 Å². The van der Waals surface area contributed by atoms with Crippen molar-refractivity contribution >= 4 is 0 Å². The van der Waals surface area contributed by atoms with Crippen molar-refractivity contribution < 1.29 is 0 Å². The fourth-order valence-electron chi connectivity index (χ4n) is 2.97. The van der Waals surface area contributed by atoms with E-state index in [1.165, 1.54) is 49.7 Å². The van der Waals surface area contributed by atoms with Crippen LogP contribution in [0.3, 0.4) is 0 Å². The van der Waals surface area contributed by atoms with Crippen molar-refractivity contribution in [3.05, 3.63) is 35.4 Å². The molecule has 0 heterocycles. The fourth-order valence-corrected chi connectivity index (χ4v) is 2.97. The maximum atomic E-state index is 3.47. The van der Waals surface area contributed by atoms with E-state index in [1.807, 2.05) is 0 Å². The second kappa shape index (κ2) is 6.20. The fraction of sp³-hybridized carbons (Fsp3) is 0.625. The number of nitrogens with one attached hydrogen (secondary N) is 1. The van der Waals surface area contributed by atoms with Gasteiger partial charge in [-0.3, -0.25) is 0 Å². The lowest BCUT2D eigenvalue weighted by atomic mass is 9.91. The molecule has 2 rings (SSSR count). The quantitative estimate of drug-likeness (QED) is 0.782. The van der Waals surface area contributed by atoms with Gasteiger partial charge in [-0.15, -0.1) is 0 Å². The third kappa shape index (κ3) is 3.85. The Balaban J connectivity index is 1.94. The second-order valence-corrected chi connectivity index (χ2v) is 5.56. The number of hydrogen-bond donors (Lipinski definition) is 1. The van der Waals surface area contributed by atoms with Crippen LogP contribution in [-0.4, -0.2) is 13.1 Å². The van der Waals surface area contributed by atoms with Crippen LogP contribution in [0.5, 0.6) is 0 Å². The molecule has 1 aliphatic rings. The highest BCUT2D eigenvalue weighted by atomic mass is 14.9. The molecule has 0 spiro atoms. The topological polar surface area (TPSA) is 12.0 Å². The van der Waals surface area contributed by atoms with E-state index in [1.54, 1.807) is 0 Å². The minimum atomic E-state index is 0.743. The lowest BCUT2D eigenvalue weighted by Crippen LogP contribution is -2.26. The van der Waals surface area contributed by atoms with Crippen LogP contribution < -0.4 is 5.32 Å². The van der Waals surface area contributed by atoms with E-state index in [-0.39, 0.29) is 0 Å². The highest BCUT2D eigenvalue weighted by Gasteiger charge is 2.19. The van der Waals surface area contributed by atoms with Gasteiger partial charge in [0.25, 0.3) is 0 Å². The Morgan fingerprint density at radius 1 is 1.12 bits per heavy atom. The first-order chi connectivity index (χ1) is 8.28. The van der Waals surface area contributed by atoms with E-state index in [0.717, 1.165) is 12.0 Å². The Morgan fingerprint density at radius 2 is 1.82 bits per heavy atom. The molecule has 2 atom stereocenters. The van der Waals surface area contributed by atoms with Crippen molar-refractivity contribution in [3.8, 4) is 0 Å². The Labute approximate surface area is 106 Å². The molecule has 0 bridgehead atoms. The van der Waals surface area contributed by atoms with Gasteiger partial charge >= 0.3 is 0 Å². The third-order valence-corrected chi connectivity index (χ3v) is 4.09. The Morgan fingerprint density at radius 3 is 2.53 bits per heavy atom. The largest absolute Gasteiger partial charge is 0.317 e. The molecule has 1 aromatic rings. The minimum absolute atomic E-state index is 0.743. The van der Waals surface area contributed by atoms with Crippen molar-refractivity contribution in [1.82, 2.24) is 5.32 Å². The van der Waals surface area contributed by atoms with E-state index < -0.39 is 0 Å². The minimum Gasteiger partial charge on any atom is -0.317 e. The summed E-state index contributed by atoms with van der Waals surface area (Å²) in [5.74, 6) is 0.873. The second-order valence-electron chi connectivity index (χ2n) is 5.56. The number of benzene rings is 1. The molecular weight excluding hydrogens is 206 g/mol. The van der Waals surface area contributed by atoms with Gasteiger partial charge in [0.05, 0.1) is 0 Å². The predicted octanol–water partition coefficient (Wildman–Crippen LogP) is 3.71. The van der Waals surface area contributed by atoms with Crippen molar-refractivity contribution in [2.75, 3.05) is 7.05 Å². The summed E-state index contributed by atoms with van der Waals surface area (Å²) in [4.78, 5) is 0. The van der Waals surface area contributed by atoms with Gasteiger partial charge in [-0.25, -0.2) is 0 Å². The number of hydrogen-bond acceptors (Lipinski definition) is 1. The molecule has 0 radical (unpaired) electrons. The van der Waals surface area contributed by atoms with Crippen LogP contribution in [0.15, 0.2) is 24.3 Å². The lowest BCUT2D eigenvalue weighted by molar-refractivity contribution is 0.400. The Hall–Kier alpha value is -0.820. The van der Waals surface area contributed by atoms with Crippen LogP contribution in [-0.2, 0) is 6.42 Å². The molecular formula is C16H25N. The van der Waals surface area contributed by atoms with Gasteiger partial charge in [0.1, 0.15) is 0 Å². The van der Waals surface area contributed by atoms with Crippen molar-refractivity contribution in [2.24, 2.45) is 5.92 Å². The van der Waals surface area contributed by atoms with E-state index >= 15 is 0 Å². The molecule has 0 amide bonds. The van der Waals surface area contributed by atoms with Gasteiger partial charge in [0.15, 0.2) is 0 Å². The molecule has 1 nitrogen and oxygen atoms in total. The molecule has 1 heteroatoms. The molecule has 0 saturated heterocycles. The molecule has 1 aliphatic carbocycles. The predicted molar refractivity (Wildman–Crippen MR) is 74.3 cm³/mol. The van der Waals surface area contributed by atoms with Crippen LogP contribution >= 0.6 is 0 Å². The maximum Gasteiger partial charge on any atom is 0.00668 e. The monoisotopic (exact) mass is 231 g/mol. The average Bonchev–Trinajstić information content (AvgIpc) is 2.57. The van der Waals surface area contributed by atoms with E-state index in [4.69, 9.17) is 0 Å². The summed E-state index contributed by atoms with van der Waals surface area (Å²) in [5.41, 5.74) is 2.88. The summed E-state index contributed by atoms with van der Waals surface area (Å²) in [7, 11) is 2.11. The maximum absolute atomic E-state index is 3.47. The van der Waals surface area contributed by atoms with Crippen LogP contribution in [0.1, 0.15) is 43.2 Å². The van der Waals surface area contributed by atoms with Crippen LogP contribution in [0, 0.1) is 12.8 Å². The average molecular weight is 231 g/mol. The normalized spacial score (nSPS) is 25.5. The zero-order valence-corrected chi connectivity index (χ0v) is 11.2. The van der Waals surface area contributed by atoms with Gasteiger partial charge in [-0.05, 0) is 44.7 Å². The lowest BCUT2D eigenvalue weighted by Gasteiger charge is -2.19. The van der Waals surface area contributed by atoms with Gasteiger partial charge in [-0.1, -0.05) is 49.1 Å². The Bertz CT molecular complexity index is 328. The van der Waals surface area contributed by atoms with Crippen LogP contribution in [0.25, 0.3) is 0 Å². The zero-order chi connectivity index (χ0) is 12.1. The van der Waals surface area contributed by atoms with Crippen molar-refractivity contribution in [2.45, 2.75) is 51.5 Å². The summed E-state index contributed by atoms with van der Waals surface area (Å²) in [6.07, 6.45) is 8.19. The standard InChI is InChI=1S/C16H25N/c1-13-7-9-14(10-8-13)11-15-5-3-4-6-16(12-15)17-2/h7-10,15-17H,3-6,11-12H2,1-2H3. The summed E-state index contributed by atoms with van der Waals surface area (Å²) < 4.78 is 0. The molecule has 0 aliphatic heterocycles. The van der Waals surface area contributed by atoms with Crippen LogP contribution in [0.2, 0.25) is 0 Å². The highest BCUT2D eigenvalue weighted by molar-refractivity contribution is 5.21. The van der Waals surface area contributed by atoms with E-state index in [2.05, 4.69) is 43.6 Å². The molecule has 1 fully saturated rings. The highest BCUT2D eigenvalue weighted by Crippen LogP contribution is 2.26. The molecule has 1 saturated carbocycles. The Kier molecular flexibility index (Phi) is 4.61. The third-order valence-electron chi connectivity index (χ3n) is 4.09. The van der Waals surface area contributed by atoms with Gasteiger partial charge < -0.3 is 5.32 Å². The number of rotatable bonds is 3. The first kappa shape index (κ1) is 12.6. The van der Waals surface area contributed by atoms with Crippen LogP contribution in [0.4, 0.5) is 0 Å². The first-order valence-corrected chi connectivity index (χ1v) is 7.00. The van der Waals surface area contributed by atoms with Crippen molar-refractivity contribution in [1.29, 1.82) is 0 Å². The van der Waals surface area contributed by atoms with Gasteiger partial charge in [0, 0.05) is 6.04 Å². The SMILES string of the molecule is CNC1CCCCC(Cc2ccc(C)cc2)C1. The summed E-state index contributed by atoms with van der Waals surface area (Å²) in [6.45, 7) is 2.16. The van der Waals surface area contributed by atoms with Crippen molar-refractivity contribution in [3.63, 3.8) is 0 Å². The number of aryl methyl sites for hydroxylation is 1.